The van der Waals surface area contributed by atoms with Crippen LogP contribution in [-0.2, 0) is 38.2 Å². The quantitative estimate of drug-likeness (QED) is 0.348. The van der Waals surface area contributed by atoms with E-state index < -0.39 is 26.8 Å². The number of hydrogen-bond donors (Lipinski definition) is 0. The van der Waals surface area contributed by atoms with Gasteiger partial charge in [0, 0.05) is 0 Å². The maximum absolute atomic E-state index is 2.62. The molecule has 0 unspecified atom stereocenters. The average Bonchev–Trinajstić information content (AvgIpc) is 3.27. The molecule has 0 atom stereocenters. The minimum absolute atomic E-state index is 0.204. The third-order valence-corrected chi connectivity index (χ3v) is 25.6. The first kappa shape index (κ1) is 22.2. The molecule has 30 heavy (non-hydrogen) atoms. The number of allylic oxidation sites excluding steroid dienone is 4. The first-order chi connectivity index (χ1) is 14.0. The van der Waals surface area contributed by atoms with Crippen LogP contribution < -0.4 is 3.27 Å². The first-order valence-corrected chi connectivity index (χ1v) is 21.1. The van der Waals surface area contributed by atoms with E-state index in [2.05, 4.69) is 103 Å². The standard InChI is InChI=1S/C21H25.C5H5.C2H7Si.Zr/c1-20(2,3)16-7-9-18-14(12-16)11-15-13-17(21(4,5)6)8-10-19(15)18;1-2-4-5-3-1;1-3-2;/h7-10,12H,11H2,1-6H3;1-3H,4H2;3H,1-2H3;. The fourth-order valence-electron chi connectivity index (χ4n) is 5.14. The van der Waals surface area contributed by atoms with Crippen LogP contribution >= 0.6 is 0 Å². The van der Waals surface area contributed by atoms with Crippen molar-refractivity contribution in [1.29, 1.82) is 0 Å². The Morgan fingerprint density at radius 2 is 1.57 bits per heavy atom. The van der Waals surface area contributed by atoms with Gasteiger partial charge in [-0.25, -0.2) is 0 Å². The van der Waals surface area contributed by atoms with Gasteiger partial charge in [-0.05, 0) is 0 Å². The van der Waals surface area contributed by atoms with E-state index in [4.69, 9.17) is 0 Å². The van der Waals surface area contributed by atoms with Gasteiger partial charge in [-0.3, -0.25) is 0 Å². The van der Waals surface area contributed by atoms with Crippen molar-refractivity contribution in [1.82, 2.24) is 0 Å². The summed E-state index contributed by atoms with van der Waals surface area (Å²) in [5.41, 5.74) is 9.80. The van der Waals surface area contributed by atoms with E-state index in [0.717, 1.165) is 6.42 Å². The summed E-state index contributed by atoms with van der Waals surface area (Å²) in [5.74, 6) is -0.746. The number of fused-ring (bicyclic) bond motifs is 3. The van der Waals surface area contributed by atoms with Crippen LogP contribution in [0.15, 0.2) is 51.8 Å². The van der Waals surface area contributed by atoms with E-state index in [9.17, 15) is 0 Å². The summed E-state index contributed by atoms with van der Waals surface area (Å²) in [6, 6.07) is 12.2. The van der Waals surface area contributed by atoms with Crippen molar-refractivity contribution in [2.45, 2.75) is 78.3 Å². The summed E-state index contributed by atoms with van der Waals surface area (Å²) in [5, 5.41) is 0. The van der Waals surface area contributed by atoms with E-state index in [1.807, 2.05) is 6.55 Å². The van der Waals surface area contributed by atoms with Crippen LogP contribution in [0.2, 0.25) is 13.1 Å². The molecule has 4 rings (SSSR count). The SMILES string of the molecule is C[SiH](C)[Zr]([C]1=CC=CC1)[c]1c(C(C)(C)C)ccc2c1Cc1cc(C(C)(C)C)ccc1-2. The van der Waals surface area contributed by atoms with Gasteiger partial charge < -0.3 is 0 Å². The zero-order chi connectivity index (χ0) is 21.8. The van der Waals surface area contributed by atoms with Gasteiger partial charge in [0.15, 0.2) is 0 Å². The van der Waals surface area contributed by atoms with Gasteiger partial charge in [-0.15, -0.1) is 0 Å². The minimum atomic E-state index is -1.88. The Bertz CT molecular complexity index is 1040. The molecule has 0 fully saturated rings. The van der Waals surface area contributed by atoms with Crippen LogP contribution in [0.25, 0.3) is 11.1 Å². The molecule has 0 spiro atoms. The molecule has 0 N–H and O–H groups in total. The molecule has 2 aliphatic rings. The van der Waals surface area contributed by atoms with Gasteiger partial charge in [0.2, 0.25) is 0 Å². The van der Waals surface area contributed by atoms with E-state index in [1.54, 1.807) is 16.7 Å². The molecule has 0 amide bonds. The molecule has 2 heteroatoms. The summed E-state index contributed by atoms with van der Waals surface area (Å²) in [6.45, 7) is 19.5. The number of hydrogen-bond acceptors (Lipinski definition) is 0. The second-order valence-electron chi connectivity index (χ2n) is 11.5. The zero-order valence-electron chi connectivity index (χ0n) is 20.1. The predicted molar refractivity (Wildman–Crippen MR) is 132 cm³/mol. The van der Waals surface area contributed by atoms with Gasteiger partial charge in [0.25, 0.3) is 0 Å². The summed E-state index contributed by atoms with van der Waals surface area (Å²) in [7, 11) is 0. The topological polar surface area (TPSA) is 0 Å². The molecule has 157 valence electrons. The Labute approximate surface area is 192 Å². The third kappa shape index (κ3) is 3.95. The van der Waals surface area contributed by atoms with Crippen molar-refractivity contribution in [3.63, 3.8) is 0 Å². The second-order valence-corrected chi connectivity index (χ2v) is 30.5. The molecular weight excluding hydrogens is 456 g/mol. The zero-order valence-corrected chi connectivity index (χ0v) is 23.7. The predicted octanol–water partition coefficient (Wildman–Crippen LogP) is 6.92. The molecule has 0 radical (unpaired) electrons. The summed E-state index contributed by atoms with van der Waals surface area (Å²) in [4.78, 5) is 0. The van der Waals surface area contributed by atoms with Crippen molar-refractivity contribution in [2.75, 3.05) is 0 Å². The van der Waals surface area contributed by atoms with Crippen molar-refractivity contribution >= 4 is 9.19 Å². The molecule has 2 aromatic rings. The molecule has 0 heterocycles. The van der Waals surface area contributed by atoms with E-state index in [-0.39, 0.29) is 10.8 Å². The Morgan fingerprint density at radius 1 is 0.867 bits per heavy atom. The molecule has 0 nitrogen and oxygen atoms in total. The van der Waals surface area contributed by atoms with Gasteiger partial charge in [-0.1, -0.05) is 0 Å². The summed E-state index contributed by atoms with van der Waals surface area (Å²) >= 11 is -1.88. The van der Waals surface area contributed by atoms with E-state index in [1.165, 1.54) is 23.1 Å². The van der Waals surface area contributed by atoms with Gasteiger partial charge in [-0.2, -0.15) is 0 Å². The Morgan fingerprint density at radius 3 is 2.13 bits per heavy atom. The molecule has 0 aliphatic heterocycles. The van der Waals surface area contributed by atoms with Crippen LogP contribution in [0.4, 0.5) is 0 Å². The van der Waals surface area contributed by atoms with Crippen LogP contribution in [0.1, 0.15) is 70.2 Å². The molecule has 2 aliphatic carbocycles. The van der Waals surface area contributed by atoms with Crippen molar-refractivity contribution in [3.8, 4) is 11.1 Å². The van der Waals surface area contributed by atoms with Crippen molar-refractivity contribution in [3.05, 3.63) is 74.1 Å². The molecule has 2 aromatic carbocycles. The van der Waals surface area contributed by atoms with Crippen LogP contribution in [0, 0.1) is 0 Å². The third-order valence-electron chi connectivity index (χ3n) is 6.71. The van der Waals surface area contributed by atoms with Crippen LogP contribution in [-0.4, -0.2) is 5.92 Å². The fourth-order valence-corrected chi connectivity index (χ4v) is 24.9. The van der Waals surface area contributed by atoms with Crippen LogP contribution in [0.3, 0.4) is 0 Å². The van der Waals surface area contributed by atoms with Gasteiger partial charge in [0.1, 0.15) is 0 Å². The van der Waals surface area contributed by atoms with E-state index >= 15 is 0 Å². The van der Waals surface area contributed by atoms with Crippen molar-refractivity contribution < 1.29 is 20.9 Å². The monoisotopic (exact) mass is 491 g/mol. The Balaban J connectivity index is 1.93. The Hall–Kier alpha value is -0.980. The van der Waals surface area contributed by atoms with Crippen molar-refractivity contribution in [2.24, 2.45) is 0 Å². The molecular formula is C28H37SiZr. The maximum atomic E-state index is 2.62. The molecule has 0 saturated heterocycles. The average molecular weight is 493 g/mol. The Kier molecular flexibility index (Phi) is 5.82. The first-order valence-electron chi connectivity index (χ1n) is 11.5. The molecule has 0 saturated carbocycles. The number of rotatable bonds is 3. The fraction of sp³-hybridized carbons (Fsp3) is 0.429. The summed E-state index contributed by atoms with van der Waals surface area (Å²) in [6.07, 6.45) is 9.55. The summed E-state index contributed by atoms with van der Waals surface area (Å²) < 4.78 is 3.71. The number of benzene rings is 2. The van der Waals surface area contributed by atoms with Crippen LogP contribution in [0.5, 0.6) is 0 Å². The van der Waals surface area contributed by atoms with Gasteiger partial charge in [0.05, 0.1) is 0 Å². The second kappa shape index (κ2) is 7.86. The molecule has 0 aromatic heterocycles. The molecule has 0 bridgehead atoms. The normalized spacial score (nSPS) is 15.4. The van der Waals surface area contributed by atoms with Gasteiger partial charge >= 0.3 is 194 Å². The van der Waals surface area contributed by atoms with E-state index in [0.29, 0.717) is 0 Å².